The molecule has 0 unspecified atom stereocenters. The molecule has 0 atom stereocenters. The third-order valence-corrected chi connectivity index (χ3v) is 3.82. The number of para-hydroxylation sites is 1. The van der Waals surface area contributed by atoms with Gasteiger partial charge < -0.3 is 9.84 Å². The summed E-state index contributed by atoms with van der Waals surface area (Å²) < 4.78 is 29.3. The van der Waals surface area contributed by atoms with E-state index in [9.17, 15) is 18.7 Å². The maximum atomic E-state index is 12.4. The molecule has 0 aliphatic carbocycles. The quantitative estimate of drug-likeness (QED) is 0.897. The number of aromatic carboxylic acids is 1. The van der Waals surface area contributed by atoms with Gasteiger partial charge in [-0.05, 0) is 18.1 Å². The van der Waals surface area contributed by atoms with E-state index in [1.807, 2.05) is 13.8 Å². The van der Waals surface area contributed by atoms with Crippen LogP contribution in [0, 0.1) is 0 Å². The molecule has 2 aromatic rings. The molecule has 4 nitrogen and oxygen atoms in total. The number of carboxylic acids is 1. The minimum atomic E-state index is -2.95. The highest BCUT2D eigenvalue weighted by Gasteiger charge is 2.22. The summed E-state index contributed by atoms with van der Waals surface area (Å²) in [6.45, 7) is 0.703. The van der Waals surface area contributed by atoms with Crippen LogP contribution < -0.4 is 4.74 Å². The first-order valence-corrected chi connectivity index (χ1v) is 7.00. The first kappa shape index (κ1) is 15.4. The molecule has 7 heteroatoms. The summed E-state index contributed by atoms with van der Waals surface area (Å²) >= 11 is 0.955. The number of alkyl halides is 2. The predicted molar refractivity (Wildman–Crippen MR) is 75.2 cm³/mol. The number of halogens is 2. The van der Waals surface area contributed by atoms with E-state index in [2.05, 4.69) is 9.72 Å². The number of thiazole rings is 1. The lowest BCUT2D eigenvalue weighted by Crippen LogP contribution is -2.03. The lowest BCUT2D eigenvalue weighted by atomic mass is 10.1. The molecule has 0 aliphatic rings. The Morgan fingerprint density at radius 3 is 2.52 bits per heavy atom. The van der Waals surface area contributed by atoms with Gasteiger partial charge in [-0.15, -0.1) is 11.3 Å². The van der Waals surface area contributed by atoms with E-state index >= 15 is 0 Å². The number of hydrogen-bond acceptors (Lipinski definition) is 4. The van der Waals surface area contributed by atoms with Crippen LogP contribution in [0.1, 0.15) is 35.1 Å². The summed E-state index contributed by atoms with van der Waals surface area (Å²) in [5.74, 6) is -1.17. The van der Waals surface area contributed by atoms with Crippen LogP contribution in [0.15, 0.2) is 24.3 Å². The van der Waals surface area contributed by atoms with E-state index in [4.69, 9.17) is 0 Å². The third kappa shape index (κ3) is 3.36. The molecule has 1 N–H and O–H groups in total. The van der Waals surface area contributed by atoms with Gasteiger partial charge in [-0.2, -0.15) is 8.78 Å². The van der Waals surface area contributed by atoms with E-state index in [0.29, 0.717) is 16.3 Å². The summed E-state index contributed by atoms with van der Waals surface area (Å²) in [5, 5.41) is 9.56. The van der Waals surface area contributed by atoms with Crippen molar-refractivity contribution >= 4 is 17.3 Å². The van der Waals surface area contributed by atoms with Crippen molar-refractivity contribution in [3.63, 3.8) is 0 Å². The van der Waals surface area contributed by atoms with Gasteiger partial charge in [0.05, 0.1) is 11.3 Å². The number of rotatable bonds is 5. The van der Waals surface area contributed by atoms with Crippen LogP contribution in [-0.4, -0.2) is 22.7 Å². The Balaban J connectivity index is 2.52. The Bertz CT molecular complexity index is 655. The van der Waals surface area contributed by atoms with Crippen LogP contribution in [0.4, 0.5) is 8.78 Å². The first-order chi connectivity index (χ1) is 9.90. The Labute approximate surface area is 124 Å². The van der Waals surface area contributed by atoms with Crippen molar-refractivity contribution in [1.82, 2.24) is 4.98 Å². The maximum Gasteiger partial charge on any atom is 0.387 e. The first-order valence-electron chi connectivity index (χ1n) is 6.18. The van der Waals surface area contributed by atoms with Gasteiger partial charge in [0.2, 0.25) is 0 Å². The van der Waals surface area contributed by atoms with Crippen molar-refractivity contribution in [1.29, 1.82) is 0 Å². The SMILES string of the molecule is CC(C)c1nc(-c2ccccc2OC(F)F)sc1C(=O)O. The molecule has 0 saturated carbocycles. The second-order valence-corrected chi connectivity index (χ2v) is 5.57. The highest BCUT2D eigenvalue weighted by Crippen LogP contribution is 2.37. The van der Waals surface area contributed by atoms with E-state index in [1.165, 1.54) is 6.07 Å². The number of aromatic nitrogens is 1. The molecular weight excluding hydrogens is 300 g/mol. The highest BCUT2D eigenvalue weighted by atomic mass is 32.1. The molecule has 0 spiro atoms. The van der Waals surface area contributed by atoms with Gasteiger partial charge in [-0.3, -0.25) is 0 Å². The topological polar surface area (TPSA) is 59.4 Å². The molecule has 112 valence electrons. The summed E-state index contributed by atoms with van der Waals surface area (Å²) in [6, 6.07) is 6.20. The number of carboxylic acid groups (broad SMARTS) is 1. The molecular formula is C14H13F2NO3S. The monoisotopic (exact) mass is 313 g/mol. The van der Waals surface area contributed by atoms with Crippen LogP contribution in [-0.2, 0) is 0 Å². The number of carbonyl (C=O) groups is 1. The summed E-state index contributed by atoms with van der Waals surface area (Å²) in [7, 11) is 0. The second kappa shape index (κ2) is 6.17. The molecule has 0 aliphatic heterocycles. The average Bonchev–Trinajstić information content (AvgIpc) is 2.84. The standard InChI is InChI=1S/C14H13F2NO3S/c1-7(2)10-11(13(18)19)21-12(17-10)8-5-3-4-6-9(8)20-14(15)16/h3-7,14H,1-2H3,(H,18,19). The van der Waals surface area contributed by atoms with E-state index in [-0.39, 0.29) is 16.5 Å². The van der Waals surface area contributed by atoms with Gasteiger partial charge >= 0.3 is 12.6 Å². The van der Waals surface area contributed by atoms with Crippen molar-refractivity contribution in [2.45, 2.75) is 26.4 Å². The lowest BCUT2D eigenvalue weighted by Gasteiger charge is -2.08. The third-order valence-electron chi connectivity index (χ3n) is 2.73. The minimum absolute atomic E-state index is 0.0199. The fourth-order valence-electron chi connectivity index (χ4n) is 1.83. The van der Waals surface area contributed by atoms with Crippen molar-refractivity contribution in [3.05, 3.63) is 34.8 Å². The molecule has 1 aromatic heterocycles. The Kier molecular flexibility index (Phi) is 4.52. The second-order valence-electron chi connectivity index (χ2n) is 4.57. The largest absolute Gasteiger partial charge is 0.477 e. The summed E-state index contributed by atoms with van der Waals surface area (Å²) in [4.78, 5) is 15.7. The van der Waals surface area contributed by atoms with Gasteiger partial charge in [0, 0.05) is 0 Å². The molecule has 0 bridgehead atoms. The van der Waals surface area contributed by atoms with Crippen molar-refractivity contribution in [3.8, 4) is 16.3 Å². The zero-order valence-corrected chi connectivity index (χ0v) is 12.2. The molecule has 2 rings (SSSR count). The Hall–Kier alpha value is -2.02. The van der Waals surface area contributed by atoms with E-state index in [0.717, 1.165) is 11.3 Å². The van der Waals surface area contributed by atoms with Crippen molar-refractivity contribution in [2.75, 3.05) is 0 Å². The summed E-state index contributed by atoms with van der Waals surface area (Å²) in [5.41, 5.74) is 0.798. The Morgan fingerprint density at radius 1 is 1.33 bits per heavy atom. The summed E-state index contributed by atoms with van der Waals surface area (Å²) in [6.07, 6.45) is 0. The number of nitrogens with zero attached hydrogens (tertiary/aromatic N) is 1. The minimum Gasteiger partial charge on any atom is -0.477 e. The fourth-order valence-corrected chi connectivity index (χ4v) is 2.92. The molecule has 21 heavy (non-hydrogen) atoms. The van der Waals surface area contributed by atoms with Gasteiger partial charge in [0.25, 0.3) is 0 Å². The van der Waals surface area contributed by atoms with Crippen LogP contribution in [0.5, 0.6) is 5.75 Å². The molecule has 0 radical (unpaired) electrons. The van der Waals surface area contributed by atoms with Gasteiger partial charge in [-0.1, -0.05) is 26.0 Å². The normalized spacial score (nSPS) is 11.1. The number of benzene rings is 1. The zero-order valence-electron chi connectivity index (χ0n) is 11.3. The lowest BCUT2D eigenvalue weighted by molar-refractivity contribution is -0.0494. The van der Waals surface area contributed by atoms with Gasteiger partial charge in [-0.25, -0.2) is 9.78 Å². The van der Waals surface area contributed by atoms with Crippen molar-refractivity contribution < 1.29 is 23.4 Å². The molecule has 0 amide bonds. The highest BCUT2D eigenvalue weighted by molar-refractivity contribution is 7.17. The maximum absolute atomic E-state index is 12.4. The zero-order chi connectivity index (χ0) is 15.6. The van der Waals surface area contributed by atoms with Crippen molar-refractivity contribution in [2.24, 2.45) is 0 Å². The van der Waals surface area contributed by atoms with Crippen LogP contribution in [0.2, 0.25) is 0 Å². The van der Waals surface area contributed by atoms with Crippen LogP contribution in [0.25, 0.3) is 10.6 Å². The smallest absolute Gasteiger partial charge is 0.387 e. The van der Waals surface area contributed by atoms with Gasteiger partial charge in [0.1, 0.15) is 15.6 Å². The molecule has 0 fully saturated rings. The number of hydrogen-bond donors (Lipinski definition) is 1. The van der Waals surface area contributed by atoms with Gasteiger partial charge in [0.15, 0.2) is 0 Å². The fraction of sp³-hybridized carbons (Fsp3) is 0.286. The molecule has 1 aromatic carbocycles. The van der Waals surface area contributed by atoms with Crippen LogP contribution in [0.3, 0.4) is 0 Å². The Morgan fingerprint density at radius 2 is 2.00 bits per heavy atom. The molecule has 0 saturated heterocycles. The number of ether oxygens (including phenoxy) is 1. The average molecular weight is 313 g/mol. The van der Waals surface area contributed by atoms with E-state index < -0.39 is 12.6 Å². The molecule has 1 heterocycles. The predicted octanol–water partition coefficient (Wildman–Crippen LogP) is 4.23. The van der Waals surface area contributed by atoms with E-state index in [1.54, 1.807) is 18.2 Å². The van der Waals surface area contributed by atoms with Crippen LogP contribution >= 0.6 is 11.3 Å².